The maximum Gasteiger partial charge on any atom is 1.00 e. The van der Waals surface area contributed by atoms with Crippen molar-refractivity contribution < 1.29 is 50.4 Å². The van der Waals surface area contributed by atoms with E-state index in [1.807, 2.05) is 0 Å². The van der Waals surface area contributed by atoms with Crippen LogP contribution in [0.3, 0.4) is 0 Å². The van der Waals surface area contributed by atoms with E-state index in [1.165, 1.54) is 0 Å². The van der Waals surface area contributed by atoms with Crippen LogP contribution in [-0.2, 0) is 10.0 Å². The van der Waals surface area contributed by atoms with Crippen LogP contribution in [0.4, 0.5) is 13.2 Å². The fourth-order valence-corrected chi connectivity index (χ4v) is 1.85. The average Bonchev–Trinajstić information content (AvgIpc) is 2.25. The molecule has 0 saturated heterocycles. The molecule has 18 heavy (non-hydrogen) atoms. The van der Waals surface area contributed by atoms with Gasteiger partial charge in [0.15, 0.2) is 17.5 Å². The Morgan fingerprint density at radius 3 is 2.11 bits per heavy atom. The molecule has 0 spiro atoms. The van der Waals surface area contributed by atoms with E-state index >= 15 is 0 Å². The van der Waals surface area contributed by atoms with Gasteiger partial charge in [-0.25, -0.2) is 26.3 Å². The van der Waals surface area contributed by atoms with Gasteiger partial charge >= 0.3 is 18.9 Å². The molecule has 0 aromatic heterocycles. The van der Waals surface area contributed by atoms with Crippen molar-refractivity contribution >= 4 is 16.0 Å². The minimum atomic E-state index is -4.45. The van der Waals surface area contributed by atoms with E-state index in [0.29, 0.717) is 0 Å². The topological polar surface area (TPSA) is 86.3 Å². The molecule has 10 heteroatoms. The van der Waals surface area contributed by atoms with E-state index in [1.54, 1.807) is 4.72 Å². The number of benzene rings is 1. The van der Waals surface area contributed by atoms with Crippen LogP contribution >= 0.6 is 0 Å². The van der Waals surface area contributed by atoms with E-state index in [9.17, 15) is 31.5 Å². The minimum absolute atomic E-state index is 0. The average molecular weight is 275 g/mol. The maximum absolute atomic E-state index is 13.1. The van der Waals surface area contributed by atoms with Crippen LogP contribution in [0.15, 0.2) is 11.0 Å². The summed E-state index contributed by atoms with van der Waals surface area (Å²) in [4.78, 5) is 9.09. The van der Waals surface area contributed by atoms with E-state index in [-0.39, 0.29) is 24.9 Å². The van der Waals surface area contributed by atoms with Gasteiger partial charge in [-0.15, -0.1) is 0 Å². The predicted octanol–water partition coefficient (Wildman–Crippen LogP) is -3.62. The third-order valence-electron chi connectivity index (χ3n) is 1.89. The molecule has 1 aromatic rings. The van der Waals surface area contributed by atoms with Gasteiger partial charge in [-0.2, -0.15) is 0 Å². The van der Waals surface area contributed by atoms with Crippen LogP contribution < -0.4 is 28.7 Å². The number of aromatic carboxylic acids is 1. The SMILES string of the molecule is CNS(=O)(=O)c1cc(C(=O)[O-])c(F)c(F)c1F.[Li+]. The number of carbonyl (C=O) groups is 1. The number of sulfonamides is 1. The van der Waals surface area contributed by atoms with Gasteiger partial charge in [-0.05, 0) is 13.1 Å². The Kier molecular flexibility index (Phi) is 5.43. The third-order valence-corrected chi connectivity index (χ3v) is 3.31. The second-order valence-electron chi connectivity index (χ2n) is 2.86. The summed E-state index contributed by atoms with van der Waals surface area (Å²) in [5, 5.41) is 10.4. The molecule has 94 valence electrons. The molecule has 0 fully saturated rings. The monoisotopic (exact) mass is 275 g/mol. The Balaban J connectivity index is 0.00000289. The van der Waals surface area contributed by atoms with Crippen molar-refractivity contribution in [1.29, 1.82) is 0 Å². The number of hydrogen-bond acceptors (Lipinski definition) is 4. The molecule has 0 radical (unpaired) electrons. The number of hydrogen-bond donors (Lipinski definition) is 1. The number of nitrogens with one attached hydrogen (secondary N) is 1. The third kappa shape index (κ3) is 2.87. The Hall–Kier alpha value is -1.01. The molecule has 0 heterocycles. The van der Waals surface area contributed by atoms with Crippen LogP contribution in [0.25, 0.3) is 0 Å². The smallest absolute Gasteiger partial charge is 0.545 e. The van der Waals surface area contributed by atoms with Gasteiger partial charge in [0.1, 0.15) is 4.90 Å². The molecular formula is C8H5F3LiNO4S. The van der Waals surface area contributed by atoms with E-state index in [4.69, 9.17) is 0 Å². The molecule has 0 saturated carbocycles. The van der Waals surface area contributed by atoms with E-state index < -0.39 is 43.9 Å². The second kappa shape index (κ2) is 5.75. The number of carboxylic acid groups (broad SMARTS) is 1. The van der Waals surface area contributed by atoms with E-state index in [2.05, 4.69) is 0 Å². The first kappa shape index (κ1) is 17.0. The fraction of sp³-hybridized carbons (Fsp3) is 0.125. The van der Waals surface area contributed by atoms with Gasteiger partial charge < -0.3 is 9.90 Å². The predicted molar refractivity (Wildman–Crippen MR) is 46.9 cm³/mol. The Bertz CT molecular complexity index is 590. The summed E-state index contributed by atoms with van der Waals surface area (Å²) in [6, 6.07) is 0.148. The van der Waals surface area contributed by atoms with Crippen molar-refractivity contribution in [3.05, 3.63) is 29.1 Å². The molecule has 0 aliphatic carbocycles. The summed E-state index contributed by atoms with van der Waals surface area (Å²) in [6.07, 6.45) is 0. The zero-order valence-corrected chi connectivity index (χ0v) is 10.1. The molecule has 0 aliphatic heterocycles. The molecule has 1 N–H and O–H groups in total. The van der Waals surface area contributed by atoms with Gasteiger partial charge in [0, 0.05) is 5.56 Å². The van der Waals surface area contributed by atoms with Gasteiger partial charge in [-0.1, -0.05) is 0 Å². The van der Waals surface area contributed by atoms with Crippen LogP contribution in [0.5, 0.6) is 0 Å². The molecule has 1 aromatic carbocycles. The first-order chi connectivity index (χ1) is 7.72. The number of halogens is 3. The number of carboxylic acids is 1. The molecule has 0 atom stereocenters. The summed E-state index contributed by atoms with van der Waals surface area (Å²) in [5.41, 5.74) is -1.38. The largest absolute Gasteiger partial charge is 1.00 e. The van der Waals surface area contributed by atoms with Gasteiger partial charge in [0.2, 0.25) is 10.0 Å². The van der Waals surface area contributed by atoms with Crippen LogP contribution in [0, 0.1) is 17.5 Å². The van der Waals surface area contributed by atoms with Crippen LogP contribution in [0.2, 0.25) is 0 Å². The summed E-state index contributed by atoms with van der Waals surface area (Å²) in [6.45, 7) is 0. The van der Waals surface area contributed by atoms with Crippen molar-refractivity contribution in [2.75, 3.05) is 7.05 Å². The van der Waals surface area contributed by atoms with Crippen molar-refractivity contribution in [1.82, 2.24) is 4.72 Å². The summed E-state index contributed by atoms with van der Waals surface area (Å²) >= 11 is 0. The Labute approximate surface area is 112 Å². The second-order valence-corrected chi connectivity index (χ2v) is 4.71. The fourth-order valence-electron chi connectivity index (χ4n) is 1.03. The van der Waals surface area contributed by atoms with Crippen LogP contribution in [0.1, 0.15) is 10.4 Å². The normalized spacial score (nSPS) is 10.9. The first-order valence-corrected chi connectivity index (χ1v) is 5.53. The van der Waals surface area contributed by atoms with Gasteiger partial charge in [-0.3, -0.25) is 0 Å². The maximum atomic E-state index is 13.1. The molecular weight excluding hydrogens is 270 g/mol. The molecule has 0 amide bonds. The quantitative estimate of drug-likeness (QED) is 0.456. The molecule has 5 nitrogen and oxygen atoms in total. The summed E-state index contributed by atoms with van der Waals surface area (Å²) < 4.78 is 63.1. The van der Waals surface area contributed by atoms with Crippen molar-refractivity contribution in [3.8, 4) is 0 Å². The van der Waals surface area contributed by atoms with Gasteiger partial charge in [0.25, 0.3) is 0 Å². The zero-order chi connectivity index (χ0) is 13.4. The number of carbonyl (C=O) groups excluding carboxylic acids is 1. The molecule has 0 unspecified atom stereocenters. The van der Waals surface area contributed by atoms with Crippen molar-refractivity contribution in [2.24, 2.45) is 0 Å². The summed E-state index contributed by atoms with van der Waals surface area (Å²) in [5.74, 6) is -8.37. The zero-order valence-electron chi connectivity index (χ0n) is 9.25. The van der Waals surface area contributed by atoms with Crippen LogP contribution in [-0.4, -0.2) is 21.4 Å². The van der Waals surface area contributed by atoms with Crippen molar-refractivity contribution in [2.45, 2.75) is 4.90 Å². The number of rotatable bonds is 3. The van der Waals surface area contributed by atoms with E-state index in [0.717, 1.165) is 7.05 Å². The Morgan fingerprint density at radius 2 is 1.72 bits per heavy atom. The summed E-state index contributed by atoms with van der Waals surface area (Å²) in [7, 11) is -3.55. The van der Waals surface area contributed by atoms with Crippen molar-refractivity contribution in [3.63, 3.8) is 0 Å². The van der Waals surface area contributed by atoms with Gasteiger partial charge in [0.05, 0.1) is 5.97 Å². The first-order valence-electron chi connectivity index (χ1n) is 4.04. The minimum Gasteiger partial charge on any atom is -0.545 e. The standard InChI is InChI=1S/C8H6F3NO4S.Li/c1-12-17(15,16)4-2-3(8(13)14)5(9)7(11)6(4)10;/h2,12H,1H3,(H,13,14);/q;+1/p-1. The molecule has 0 bridgehead atoms. The molecule has 1 rings (SSSR count). The Morgan fingerprint density at radius 1 is 1.22 bits per heavy atom. The molecule has 0 aliphatic rings.